The highest BCUT2D eigenvalue weighted by atomic mass is 16.5. The molecule has 1 rings (SSSR count). The number of carbonyl (C=O) groups is 2. The first kappa shape index (κ1) is 16.8. The molecule has 116 valence electrons. The number of ether oxygens (including phenoxy) is 2. The van der Waals surface area contributed by atoms with E-state index in [2.05, 4.69) is 10.6 Å². The van der Waals surface area contributed by atoms with Gasteiger partial charge in [0.1, 0.15) is 11.5 Å². The van der Waals surface area contributed by atoms with Crippen molar-refractivity contribution in [1.29, 1.82) is 0 Å². The Morgan fingerprint density at radius 2 is 1.86 bits per heavy atom. The van der Waals surface area contributed by atoms with Crippen LogP contribution in [0.3, 0.4) is 0 Å². The molecule has 2 N–H and O–H groups in total. The number of nitrogens with one attached hydrogen (secondary N) is 2. The minimum Gasteiger partial charge on any atom is -0.497 e. The molecule has 0 heterocycles. The van der Waals surface area contributed by atoms with E-state index in [1.54, 1.807) is 25.3 Å². The largest absolute Gasteiger partial charge is 0.497 e. The smallest absolute Gasteiger partial charge is 0.243 e. The summed E-state index contributed by atoms with van der Waals surface area (Å²) in [7, 11) is 3.06. The summed E-state index contributed by atoms with van der Waals surface area (Å²) in [6.45, 7) is 3.82. The number of methoxy groups -OCH3 is 2. The van der Waals surface area contributed by atoms with Gasteiger partial charge >= 0.3 is 0 Å². The Morgan fingerprint density at radius 3 is 2.43 bits per heavy atom. The maximum atomic E-state index is 11.8. The van der Waals surface area contributed by atoms with Gasteiger partial charge in [-0.25, -0.2) is 0 Å². The average Bonchev–Trinajstić information content (AvgIpc) is 2.45. The van der Waals surface area contributed by atoms with E-state index in [0.29, 0.717) is 23.6 Å². The molecule has 21 heavy (non-hydrogen) atoms. The van der Waals surface area contributed by atoms with E-state index in [4.69, 9.17) is 9.47 Å². The summed E-state index contributed by atoms with van der Waals surface area (Å²) < 4.78 is 10.3. The molecule has 0 saturated carbocycles. The number of rotatable bonds is 7. The van der Waals surface area contributed by atoms with E-state index in [0.717, 1.165) is 0 Å². The normalized spacial score (nSPS) is 10.1. The number of carbonyl (C=O) groups excluding carboxylic acids is 2. The molecule has 0 spiro atoms. The Kier molecular flexibility index (Phi) is 6.52. The molecule has 1 aromatic carbocycles. The number of benzene rings is 1. The van der Waals surface area contributed by atoms with Gasteiger partial charge in [0.25, 0.3) is 0 Å². The molecule has 0 aromatic heterocycles. The van der Waals surface area contributed by atoms with Gasteiger partial charge in [-0.2, -0.15) is 0 Å². The molecule has 0 aliphatic rings. The molecule has 0 bridgehead atoms. The third kappa shape index (κ3) is 5.72. The Hall–Kier alpha value is -2.24. The summed E-state index contributed by atoms with van der Waals surface area (Å²) >= 11 is 0. The monoisotopic (exact) mass is 294 g/mol. The van der Waals surface area contributed by atoms with Gasteiger partial charge in [-0.1, -0.05) is 13.8 Å². The van der Waals surface area contributed by atoms with E-state index in [-0.39, 0.29) is 24.3 Å². The van der Waals surface area contributed by atoms with Crippen LogP contribution in [0.25, 0.3) is 0 Å². The maximum Gasteiger partial charge on any atom is 0.243 e. The first-order valence-electron chi connectivity index (χ1n) is 6.74. The van der Waals surface area contributed by atoms with Crippen molar-refractivity contribution in [2.45, 2.75) is 20.3 Å². The van der Waals surface area contributed by atoms with Crippen molar-refractivity contribution in [3.05, 3.63) is 18.2 Å². The van der Waals surface area contributed by atoms with E-state index in [9.17, 15) is 9.59 Å². The summed E-state index contributed by atoms with van der Waals surface area (Å²) in [6.07, 6.45) is 0.402. The number of hydrogen-bond donors (Lipinski definition) is 2. The van der Waals surface area contributed by atoms with Gasteiger partial charge in [-0.05, 0) is 18.1 Å². The van der Waals surface area contributed by atoms with Crippen LogP contribution in [-0.2, 0) is 9.59 Å². The average molecular weight is 294 g/mol. The van der Waals surface area contributed by atoms with Crippen LogP contribution in [-0.4, -0.2) is 32.6 Å². The first-order valence-corrected chi connectivity index (χ1v) is 6.74. The van der Waals surface area contributed by atoms with Gasteiger partial charge in [0.2, 0.25) is 11.8 Å². The van der Waals surface area contributed by atoms with Gasteiger partial charge in [0.15, 0.2) is 0 Å². The Labute approximate surface area is 124 Å². The Balaban J connectivity index is 2.56. The molecule has 0 saturated heterocycles. The second-order valence-electron chi connectivity index (χ2n) is 4.99. The lowest BCUT2D eigenvalue weighted by Gasteiger charge is -2.12. The van der Waals surface area contributed by atoms with Crippen LogP contribution >= 0.6 is 0 Å². The third-order valence-corrected chi connectivity index (χ3v) is 2.72. The minimum atomic E-state index is -0.310. The molecule has 6 nitrogen and oxygen atoms in total. The summed E-state index contributed by atoms with van der Waals surface area (Å²) in [6, 6.07) is 5.08. The summed E-state index contributed by atoms with van der Waals surface area (Å²) in [5.74, 6) is 0.943. The summed E-state index contributed by atoms with van der Waals surface area (Å²) in [5, 5.41) is 5.26. The van der Waals surface area contributed by atoms with Crippen LogP contribution in [0, 0.1) is 5.92 Å². The van der Waals surface area contributed by atoms with Crippen molar-refractivity contribution >= 4 is 17.5 Å². The molecular weight excluding hydrogens is 272 g/mol. The minimum absolute atomic E-state index is 0.0687. The molecule has 0 unspecified atom stereocenters. The van der Waals surface area contributed by atoms with Gasteiger partial charge < -0.3 is 20.1 Å². The van der Waals surface area contributed by atoms with Crippen LogP contribution < -0.4 is 20.1 Å². The molecule has 0 atom stereocenters. The van der Waals surface area contributed by atoms with Crippen LogP contribution in [0.1, 0.15) is 20.3 Å². The third-order valence-electron chi connectivity index (χ3n) is 2.72. The zero-order chi connectivity index (χ0) is 15.8. The van der Waals surface area contributed by atoms with Crippen LogP contribution in [0.15, 0.2) is 18.2 Å². The van der Waals surface area contributed by atoms with Crippen LogP contribution in [0.2, 0.25) is 0 Å². The number of amides is 2. The van der Waals surface area contributed by atoms with Gasteiger partial charge in [-0.3, -0.25) is 9.59 Å². The SMILES string of the molecule is COc1ccc(NC(=O)CNC(=O)CC(C)C)c(OC)c1. The summed E-state index contributed by atoms with van der Waals surface area (Å²) in [5.41, 5.74) is 0.529. The molecule has 0 aliphatic heterocycles. The fourth-order valence-electron chi connectivity index (χ4n) is 1.72. The van der Waals surface area contributed by atoms with Crippen molar-refractivity contribution < 1.29 is 19.1 Å². The van der Waals surface area contributed by atoms with Gasteiger partial charge in [0, 0.05) is 12.5 Å². The highest BCUT2D eigenvalue weighted by Crippen LogP contribution is 2.28. The van der Waals surface area contributed by atoms with Crippen LogP contribution in [0.5, 0.6) is 11.5 Å². The predicted octanol–water partition coefficient (Wildman–Crippen LogP) is 1.80. The van der Waals surface area contributed by atoms with Gasteiger partial charge in [0.05, 0.1) is 26.5 Å². The van der Waals surface area contributed by atoms with E-state index < -0.39 is 0 Å². The maximum absolute atomic E-state index is 11.8. The van der Waals surface area contributed by atoms with Crippen molar-refractivity contribution in [3.63, 3.8) is 0 Å². The number of hydrogen-bond acceptors (Lipinski definition) is 4. The second kappa shape index (κ2) is 8.14. The fourth-order valence-corrected chi connectivity index (χ4v) is 1.72. The molecule has 2 amide bonds. The lowest BCUT2D eigenvalue weighted by Crippen LogP contribution is -2.33. The Bertz CT molecular complexity index is 500. The quantitative estimate of drug-likeness (QED) is 0.804. The molecule has 0 aliphatic carbocycles. The highest BCUT2D eigenvalue weighted by Gasteiger charge is 2.10. The zero-order valence-corrected chi connectivity index (χ0v) is 12.9. The lowest BCUT2D eigenvalue weighted by molar-refractivity contribution is -0.124. The van der Waals surface area contributed by atoms with E-state index >= 15 is 0 Å². The van der Waals surface area contributed by atoms with E-state index in [1.807, 2.05) is 13.8 Å². The van der Waals surface area contributed by atoms with E-state index in [1.165, 1.54) is 7.11 Å². The predicted molar refractivity (Wildman–Crippen MR) is 80.6 cm³/mol. The number of anilines is 1. The van der Waals surface area contributed by atoms with Gasteiger partial charge in [-0.15, -0.1) is 0 Å². The molecule has 1 aromatic rings. The van der Waals surface area contributed by atoms with Crippen molar-refractivity contribution in [3.8, 4) is 11.5 Å². The summed E-state index contributed by atoms with van der Waals surface area (Å²) in [4.78, 5) is 23.3. The Morgan fingerprint density at radius 1 is 1.14 bits per heavy atom. The first-order chi connectivity index (χ1) is 9.96. The molecular formula is C15H22N2O4. The molecule has 0 fully saturated rings. The topological polar surface area (TPSA) is 76.7 Å². The molecule has 6 heteroatoms. The highest BCUT2D eigenvalue weighted by molar-refractivity contribution is 5.95. The lowest BCUT2D eigenvalue weighted by atomic mass is 10.1. The fraction of sp³-hybridized carbons (Fsp3) is 0.467. The second-order valence-corrected chi connectivity index (χ2v) is 4.99. The van der Waals surface area contributed by atoms with Crippen molar-refractivity contribution in [2.24, 2.45) is 5.92 Å². The molecule has 0 radical (unpaired) electrons. The van der Waals surface area contributed by atoms with Crippen molar-refractivity contribution in [1.82, 2.24) is 5.32 Å². The van der Waals surface area contributed by atoms with Crippen molar-refractivity contribution in [2.75, 3.05) is 26.1 Å². The zero-order valence-electron chi connectivity index (χ0n) is 12.9. The standard InChI is InChI=1S/C15H22N2O4/c1-10(2)7-14(18)16-9-15(19)17-12-6-5-11(20-3)8-13(12)21-4/h5-6,8,10H,7,9H2,1-4H3,(H,16,18)(H,17,19). The van der Waals surface area contributed by atoms with Crippen LogP contribution in [0.4, 0.5) is 5.69 Å².